The van der Waals surface area contributed by atoms with Crippen LogP contribution in [-0.4, -0.2) is 19.2 Å². The van der Waals surface area contributed by atoms with Crippen molar-refractivity contribution in [3.05, 3.63) is 94.2 Å². The molecule has 0 aliphatic heterocycles. The van der Waals surface area contributed by atoms with Crippen LogP contribution in [0, 0.1) is 5.82 Å². The van der Waals surface area contributed by atoms with Crippen LogP contribution in [0.3, 0.4) is 0 Å². The van der Waals surface area contributed by atoms with Crippen LogP contribution in [0.4, 0.5) is 4.39 Å². The molecule has 8 heteroatoms. The highest BCUT2D eigenvalue weighted by atomic mass is 32.2. The predicted octanol–water partition coefficient (Wildman–Crippen LogP) is 3.03. The SMILES string of the molecule is CS(=O)(=O)OCc1ccc(-n2ccc(OCc3ccc(F)cc3)cc2=O)cc1. The first-order chi connectivity index (χ1) is 13.3. The fraction of sp³-hybridized carbons (Fsp3) is 0.150. The molecule has 0 unspecified atom stereocenters. The zero-order valence-electron chi connectivity index (χ0n) is 15.0. The molecule has 0 bridgehead atoms. The lowest BCUT2D eigenvalue weighted by Gasteiger charge is -2.10. The van der Waals surface area contributed by atoms with E-state index in [-0.39, 0.29) is 24.6 Å². The van der Waals surface area contributed by atoms with Crippen molar-refractivity contribution in [3.63, 3.8) is 0 Å². The van der Waals surface area contributed by atoms with Gasteiger partial charge in [-0.1, -0.05) is 24.3 Å². The first-order valence-corrected chi connectivity index (χ1v) is 10.2. The smallest absolute Gasteiger partial charge is 0.264 e. The van der Waals surface area contributed by atoms with Gasteiger partial charge in [0.2, 0.25) is 0 Å². The number of ether oxygens (including phenoxy) is 1. The second-order valence-electron chi connectivity index (χ2n) is 6.12. The van der Waals surface area contributed by atoms with Gasteiger partial charge in [-0.3, -0.25) is 13.5 Å². The molecule has 1 aromatic heterocycles. The fourth-order valence-electron chi connectivity index (χ4n) is 2.44. The van der Waals surface area contributed by atoms with E-state index in [0.717, 1.165) is 11.8 Å². The van der Waals surface area contributed by atoms with Gasteiger partial charge in [0.25, 0.3) is 15.7 Å². The third-order valence-corrected chi connectivity index (χ3v) is 4.41. The van der Waals surface area contributed by atoms with Crippen molar-refractivity contribution in [1.82, 2.24) is 4.57 Å². The van der Waals surface area contributed by atoms with Crippen molar-refractivity contribution in [3.8, 4) is 11.4 Å². The molecule has 3 rings (SSSR count). The Hall–Kier alpha value is -2.97. The Morgan fingerprint density at radius 1 is 0.929 bits per heavy atom. The van der Waals surface area contributed by atoms with Crippen LogP contribution in [-0.2, 0) is 27.5 Å². The van der Waals surface area contributed by atoms with Crippen molar-refractivity contribution in [2.75, 3.05) is 6.26 Å². The molecule has 0 spiro atoms. The Balaban J connectivity index is 1.68. The summed E-state index contributed by atoms with van der Waals surface area (Å²) in [4.78, 5) is 12.4. The minimum atomic E-state index is -3.51. The molecule has 0 aliphatic rings. The molecule has 6 nitrogen and oxygen atoms in total. The molecule has 0 fully saturated rings. The summed E-state index contributed by atoms with van der Waals surface area (Å²) in [6.07, 6.45) is 2.57. The third kappa shape index (κ3) is 5.51. The summed E-state index contributed by atoms with van der Waals surface area (Å²) in [6.45, 7) is 0.156. The Bertz CT molecular complexity index is 1110. The Morgan fingerprint density at radius 3 is 2.14 bits per heavy atom. The van der Waals surface area contributed by atoms with Crippen molar-refractivity contribution < 1.29 is 21.7 Å². The van der Waals surface area contributed by atoms with Crippen LogP contribution in [0.25, 0.3) is 5.69 Å². The second-order valence-corrected chi connectivity index (χ2v) is 7.76. The summed E-state index contributed by atoms with van der Waals surface area (Å²) >= 11 is 0. The van der Waals surface area contributed by atoms with E-state index in [0.29, 0.717) is 17.0 Å². The van der Waals surface area contributed by atoms with Gasteiger partial charge >= 0.3 is 0 Å². The highest BCUT2D eigenvalue weighted by Crippen LogP contribution is 2.14. The summed E-state index contributed by atoms with van der Waals surface area (Å²) < 4.78 is 46.7. The summed E-state index contributed by atoms with van der Waals surface area (Å²) in [5.41, 5.74) is 1.80. The van der Waals surface area contributed by atoms with E-state index in [1.807, 2.05) is 0 Å². The van der Waals surface area contributed by atoms with E-state index in [1.54, 1.807) is 48.7 Å². The van der Waals surface area contributed by atoms with E-state index in [2.05, 4.69) is 0 Å². The summed E-state index contributed by atoms with van der Waals surface area (Å²) in [5, 5.41) is 0. The van der Waals surface area contributed by atoms with E-state index < -0.39 is 10.1 Å². The van der Waals surface area contributed by atoms with Crippen molar-refractivity contribution >= 4 is 10.1 Å². The average Bonchev–Trinajstić information content (AvgIpc) is 2.66. The van der Waals surface area contributed by atoms with Gasteiger partial charge in [0.1, 0.15) is 18.2 Å². The lowest BCUT2D eigenvalue weighted by Crippen LogP contribution is -2.16. The maximum atomic E-state index is 12.9. The molecule has 0 saturated heterocycles. The number of pyridine rings is 1. The van der Waals surface area contributed by atoms with Gasteiger partial charge < -0.3 is 4.74 Å². The number of hydrogen-bond acceptors (Lipinski definition) is 5. The van der Waals surface area contributed by atoms with Gasteiger partial charge in [-0.2, -0.15) is 8.42 Å². The molecule has 3 aromatic rings. The van der Waals surface area contributed by atoms with Crippen LogP contribution in [0.5, 0.6) is 5.75 Å². The van der Waals surface area contributed by atoms with Crippen LogP contribution < -0.4 is 10.3 Å². The summed E-state index contributed by atoms with van der Waals surface area (Å²) in [5.74, 6) is 0.0870. The van der Waals surface area contributed by atoms with Gasteiger partial charge in [-0.05, 0) is 41.5 Å². The van der Waals surface area contributed by atoms with Crippen molar-refractivity contribution in [2.45, 2.75) is 13.2 Å². The molecular formula is C20H18FNO5S. The van der Waals surface area contributed by atoms with Crippen LogP contribution in [0.15, 0.2) is 71.7 Å². The molecule has 0 radical (unpaired) electrons. The first kappa shape index (κ1) is 19.8. The zero-order valence-corrected chi connectivity index (χ0v) is 15.9. The van der Waals surface area contributed by atoms with E-state index >= 15 is 0 Å². The monoisotopic (exact) mass is 403 g/mol. The maximum absolute atomic E-state index is 12.9. The van der Waals surface area contributed by atoms with E-state index in [9.17, 15) is 17.6 Å². The van der Waals surface area contributed by atoms with E-state index in [4.69, 9.17) is 8.92 Å². The van der Waals surface area contributed by atoms with Crippen LogP contribution in [0.2, 0.25) is 0 Å². The standard InChI is InChI=1S/C20H18FNO5S/c1-28(24,25)27-14-16-4-8-18(9-5-16)22-11-10-19(12-20(22)23)26-13-15-2-6-17(21)7-3-15/h2-12H,13-14H2,1H3. The van der Waals surface area contributed by atoms with Crippen LogP contribution >= 0.6 is 0 Å². The molecule has 146 valence electrons. The third-order valence-electron chi connectivity index (χ3n) is 3.86. The quantitative estimate of drug-likeness (QED) is 0.567. The number of nitrogens with zero attached hydrogens (tertiary/aromatic N) is 1. The fourth-order valence-corrected chi connectivity index (χ4v) is 2.79. The predicted molar refractivity (Wildman–Crippen MR) is 102 cm³/mol. The number of halogens is 1. The maximum Gasteiger partial charge on any atom is 0.264 e. The van der Waals surface area contributed by atoms with Crippen LogP contribution in [0.1, 0.15) is 11.1 Å². The zero-order chi connectivity index (χ0) is 20.1. The highest BCUT2D eigenvalue weighted by molar-refractivity contribution is 7.85. The highest BCUT2D eigenvalue weighted by Gasteiger charge is 2.05. The van der Waals surface area contributed by atoms with Crippen molar-refractivity contribution in [2.24, 2.45) is 0 Å². The summed E-state index contributed by atoms with van der Waals surface area (Å²) in [6, 6.07) is 15.7. The van der Waals surface area contributed by atoms with Gasteiger partial charge in [0, 0.05) is 18.0 Å². The number of rotatable bonds is 7. The molecule has 0 atom stereocenters. The first-order valence-electron chi connectivity index (χ1n) is 8.34. The molecule has 2 aromatic carbocycles. The van der Waals surface area contributed by atoms with Gasteiger partial charge in [0.15, 0.2) is 0 Å². The van der Waals surface area contributed by atoms with Gasteiger partial charge in [-0.15, -0.1) is 0 Å². The lowest BCUT2D eigenvalue weighted by molar-refractivity contribution is 0.305. The lowest BCUT2D eigenvalue weighted by atomic mass is 10.2. The number of hydrogen-bond donors (Lipinski definition) is 0. The molecule has 0 aliphatic carbocycles. The second kappa shape index (κ2) is 8.37. The Morgan fingerprint density at radius 2 is 1.54 bits per heavy atom. The topological polar surface area (TPSA) is 74.6 Å². The molecular weight excluding hydrogens is 385 g/mol. The van der Waals surface area contributed by atoms with Gasteiger partial charge in [0.05, 0.1) is 12.9 Å². The van der Waals surface area contributed by atoms with Crippen molar-refractivity contribution in [1.29, 1.82) is 0 Å². The Kier molecular flexibility index (Phi) is 5.91. The average molecular weight is 403 g/mol. The number of benzene rings is 2. The largest absolute Gasteiger partial charge is 0.489 e. The minimum absolute atomic E-state index is 0.0653. The van der Waals surface area contributed by atoms with E-state index in [1.165, 1.54) is 22.8 Å². The molecule has 28 heavy (non-hydrogen) atoms. The van der Waals surface area contributed by atoms with Gasteiger partial charge in [-0.25, -0.2) is 4.39 Å². The molecule has 1 heterocycles. The molecule has 0 saturated carbocycles. The summed E-state index contributed by atoms with van der Waals surface area (Å²) in [7, 11) is -3.51. The normalized spacial score (nSPS) is 11.4. The number of aromatic nitrogens is 1. The molecule has 0 amide bonds. The Labute approximate surface area is 161 Å². The minimum Gasteiger partial charge on any atom is -0.489 e. The molecule has 0 N–H and O–H groups in total.